The number of hydrogen-bond donors (Lipinski definition) is 4. The molecule has 0 atom stereocenters. The molecule has 0 aliphatic carbocycles. The largest absolute Gasteiger partial charge is 0.491 e. The van der Waals surface area contributed by atoms with Crippen LogP contribution in [-0.4, -0.2) is 126 Å². The van der Waals surface area contributed by atoms with Crippen LogP contribution in [0.4, 0.5) is 5.95 Å². The molecule has 7 rings (SSSR count). The van der Waals surface area contributed by atoms with Crippen molar-refractivity contribution in [2.45, 2.75) is 66.7 Å². The van der Waals surface area contributed by atoms with Crippen molar-refractivity contribution in [1.82, 2.24) is 43.6 Å². The smallest absolute Gasteiger partial charge is 0.305 e. The van der Waals surface area contributed by atoms with Crippen LogP contribution >= 0.6 is 0 Å². The van der Waals surface area contributed by atoms with Crippen LogP contribution in [-0.2, 0) is 45.2 Å². The van der Waals surface area contributed by atoms with E-state index in [-0.39, 0.29) is 76.2 Å². The van der Waals surface area contributed by atoms with E-state index < -0.39 is 23.7 Å². The number of carbonyl (C=O) groups is 4. The summed E-state index contributed by atoms with van der Waals surface area (Å²) in [6.45, 7) is 10.5. The molecule has 0 saturated heterocycles. The summed E-state index contributed by atoms with van der Waals surface area (Å²) in [4.78, 5) is 64.6. The zero-order valence-electron chi connectivity index (χ0n) is 39.2. The van der Waals surface area contributed by atoms with Gasteiger partial charge in [0.25, 0.3) is 5.91 Å². The predicted molar refractivity (Wildman–Crippen MR) is 255 cm³/mol. The number of imidazole rings is 1. The lowest BCUT2D eigenvalue weighted by molar-refractivity contribution is -0.138. The number of allylic oxidation sites excluding steroid dienone is 2. The first-order valence-corrected chi connectivity index (χ1v) is 22.5. The summed E-state index contributed by atoms with van der Waals surface area (Å²) < 4.78 is 36.0. The van der Waals surface area contributed by atoms with Crippen LogP contribution in [0.1, 0.15) is 69.3 Å². The molecule has 2 aromatic carbocycles. The lowest BCUT2D eigenvalue weighted by Crippen LogP contribution is -2.20. The van der Waals surface area contributed by atoms with Gasteiger partial charge >= 0.3 is 5.97 Å². The fourth-order valence-corrected chi connectivity index (χ4v) is 7.81. The fourth-order valence-electron chi connectivity index (χ4n) is 7.81. The molecule has 22 heteroatoms. The molecule has 5 heterocycles. The quantitative estimate of drug-likeness (QED) is 0.0424. The number of methoxy groups -OCH3 is 1. The normalized spacial score (nSPS) is 11.7. The van der Waals surface area contributed by atoms with E-state index in [0.29, 0.717) is 87.8 Å². The minimum absolute atomic E-state index is 0.0716. The van der Waals surface area contributed by atoms with Crippen molar-refractivity contribution >= 4 is 62.6 Å². The third-order valence-corrected chi connectivity index (χ3v) is 10.9. The molecule has 0 radical (unpaired) electrons. The number of aromatic nitrogens is 9. The Hall–Kier alpha value is -7.69. The molecule has 6 N–H and O–H groups in total. The monoisotopic (exact) mass is 948 g/mol. The Balaban J connectivity index is 1.28. The summed E-state index contributed by atoms with van der Waals surface area (Å²) in [5.74, 6) is -1.42. The number of ether oxygens (including phenoxy) is 5. The number of nitrogens with two attached hydrogens (primary N) is 2. The highest BCUT2D eigenvalue weighted by Gasteiger charge is 2.24. The number of nitrogens with zero attached hydrogens (tertiary/aromatic N) is 9. The highest BCUT2D eigenvalue weighted by Crippen LogP contribution is 2.37. The summed E-state index contributed by atoms with van der Waals surface area (Å²) >= 11 is 0. The summed E-state index contributed by atoms with van der Waals surface area (Å²) in [5, 5.41) is 22.1. The van der Waals surface area contributed by atoms with E-state index in [4.69, 9.17) is 55.2 Å². The van der Waals surface area contributed by atoms with Crippen LogP contribution in [0.5, 0.6) is 11.5 Å². The Labute approximate surface area is 396 Å². The molecule has 0 fully saturated rings. The molecular formula is C47H56N12O10. The summed E-state index contributed by atoms with van der Waals surface area (Å²) in [6.07, 6.45) is 5.98. The van der Waals surface area contributed by atoms with Crippen LogP contribution < -0.4 is 26.3 Å². The number of primary amides is 2. The fraction of sp³-hybridized carbons (Fsp3) is 0.383. The van der Waals surface area contributed by atoms with Gasteiger partial charge in [-0.3, -0.25) is 33.9 Å². The highest BCUT2D eigenvalue weighted by molar-refractivity contribution is 6.12. The van der Waals surface area contributed by atoms with Gasteiger partial charge in [0.2, 0.25) is 17.8 Å². The van der Waals surface area contributed by atoms with Crippen molar-refractivity contribution < 1.29 is 48.0 Å². The lowest BCUT2D eigenvalue weighted by atomic mass is 10.1. The molecular weight excluding hydrogens is 893 g/mol. The van der Waals surface area contributed by atoms with Gasteiger partial charge in [0.1, 0.15) is 40.7 Å². The third kappa shape index (κ3) is 11.4. The SMILES string of the molecule is CCn1nc(C)cc1C(=O)Nc1nc2cc(C(N)=O)cc(OCCCOC)c2n1CC=CCn1c2nc(-c3cc(C)nn3CC)ncc2c2cc(C(N)=O)cc(OCCOCCOCCC(=O)O)c21. The molecule has 69 heavy (non-hydrogen) atoms. The van der Waals surface area contributed by atoms with Gasteiger partial charge in [-0.2, -0.15) is 10.2 Å². The Morgan fingerprint density at radius 3 is 2.06 bits per heavy atom. The molecule has 0 aliphatic heterocycles. The lowest BCUT2D eigenvalue weighted by Gasteiger charge is -2.13. The van der Waals surface area contributed by atoms with Crippen molar-refractivity contribution in [3.8, 4) is 23.0 Å². The van der Waals surface area contributed by atoms with Gasteiger partial charge in [-0.15, -0.1) is 0 Å². The van der Waals surface area contributed by atoms with Gasteiger partial charge in [0.05, 0.1) is 61.9 Å². The molecule has 0 saturated carbocycles. The van der Waals surface area contributed by atoms with Crippen molar-refractivity contribution in [2.24, 2.45) is 11.5 Å². The van der Waals surface area contributed by atoms with E-state index in [2.05, 4.69) is 15.5 Å². The summed E-state index contributed by atoms with van der Waals surface area (Å²) in [6, 6.07) is 9.99. The zero-order chi connectivity index (χ0) is 49.2. The summed E-state index contributed by atoms with van der Waals surface area (Å²) in [5.41, 5.74) is 16.6. The van der Waals surface area contributed by atoms with Gasteiger partial charge < -0.3 is 49.4 Å². The van der Waals surface area contributed by atoms with Gasteiger partial charge in [-0.1, -0.05) is 12.2 Å². The second-order valence-electron chi connectivity index (χ2n) is 15.8. The van der Waals surface area contributed by atoms with Crippen LogP contribution in [0, 0.1) is 13.8 Å². The molecule has 0 unspecified atom stereocenters. The predicted octanol–water partition coefficient (Wildman–Crippen LogP) is 4.66. The van der Waals surface area contributed by atoms with Crippen molar-refractivity contribution in [2.75, 3.05) is 58.7 Å². The Kier molecular flexibility index (Phi) is 16.0. The number of aliphatic carboxylic acids is 1. The van der Waals surface area contributed by atoms with Crippen LogP contribution in [0.15, 0.2) is 54.7 Å². The van der Waals surface area contributed by atoms with Gasteiger partial charge in [-0.25, -0.2) is 15.0 Å². The average Bonchev–Trinajstić information content (AvgIpc) is 4.09. The van der Waals surface area contributed by atoms with E-state index >= 15 is 0 Å². The first kappa shape index (κ1) is 49.2. The number of carboxylic acid groups (broad SMARTS) is 1. The van der Waals surface area contributed by atoms with Gasteiger partial charge in [0, 0.05) is 74.4 Å². The number of benzene rings is 2. The molecule has 364 valence electrons. The highest BCUT2D eigenvalue weighted by atomic mass is 16.5. The van der Waals surface area contributed by atoms with E-state index in [9.17, 15) is 19.2 Å². The van der Waals surface area contributed by atoms with Crippen molar-refractivity contribution in [1.29, 1.82) is 0 Å². The molecule has 0 bridgehead atoms. The summed E-state index contributed by atoms with van der Waals surface area (Å²) in [7, 11) is 1.60. The number of amides is 3. The Morgan fingerprint density at radius 1 is 0.725 bits per heavy atom. The van der Waals surface area contributed by atoms with Crippen LogP contribution in [0.2, 0.25) is 0 Å². The second-order valence-corrected chi connectivity index (χ2v) is 15.8. The Bertz CT molecular complexity index is 3040. The second kappa shape index (κ2) is 22.4. The number of hydrogen-bond acceptors (Lipinski definition) is 14. The number of carbonyl (C=O) groups excluding carboxylic acids is 3. The topological polar surface area (TPSA) is 283 Å². The maximum atomic E-state index is 13.9. The number of anilines is 1. The number of carboxylic acids is 1. The maximum Gasteiger partial charge on any atom is 0.305 e. The molecule has 0 spiro atoms. The van der Waals surface area contributed by atoms with Crippen molar-refractivity contribution in [3.63, 3.8) is 0 Å². The van der Waals surface area contributed by atoms with Gasteiger partial charge in [-0.05, 0) is 64.1 Å². The standard InChI is InChI=1S/C47H56N12O10/c1-6-58-35(21-28(3)54-58)44-50-27-33-32-23-30(42(48)62)25-37(69-20-19-67-18-17-66-16-11-39(60)61)40(32)56(45(33)52-44)12-8-9-13-57-41-34(24-31(43(49)63)26-38(41)68-15-10-14-65-5)51-47(57)53-46(64)36-22-29(4)55-59(36)7-2/h8-9,21-27H,6-7,10-20H2,1-5H3,(H2,48,62)(H2,49,63)(H,60,61)(H,51,53,64). The number of fused-ring (bicyclic) bond motifs is 4. The zero-order valence-corrected chi connectivity index (χ0v) is 39.2. The van der Waals surface area contributed by atoms with E-state index in [0.717, 1.165) is 11.4 Å². The van der Waals surface area contributed by atoms with Crippen molar-refractivity contribution in [3.05, 3.63) is 83.0 Å². The van der Waals surface area contributed by atoms with E-state index in [1.807, 2.05) is 48.2 Å². The number of nitrogens with one attached hydrogen (secondary N) is 1. The molecule has 3 amide bonds. The van der Waals surface area contributed by atoms with E-state index in [1.54, 1.807) is 59.8 Å². The van der Waals surface area contributed by atoms with E-state index in [1.165, 1.54) is 0 Å². The molecule has 5 aromatic heterocycles. The average molecular weight is 949 g/mol. The van der Waals surface area contributed by atoms with Crippen LogP contribution in [0.3, 0.4) is 0 Å². The molecule has 0 aliphatic rings. The first-order chi connectivity index (χ1) is 33.3. The van der Waals surface area contributed by atoms with Crippen LogP contribution in [0.25, 0.3) is 44.5 Å². The number of aryl methyl sites for hydroxylation is 4. The molecule has 22 nitrogen and oxygen atoms in total. The number of rotatable bonds is 26. The molecule has 7 aromatic rings. The first-order valence-electron chi connectivity index (χ1n) is 22.5. The minimum Gasteiger partial charge on any atom is -0.491 e. The Morgan fingerprint density at radius 2 is 1.36 bits per heavy atom. The van der Waals surface area contributed by atoms with Gasteiger partial charge in [0.15, 0.2) is 5.82 Å². The maximum absolute atomic E-state index is 13.9. The minimum atomic E-state index is -0.948. The third-order valence-electron chi connectivity index (χ3n) is 10.9.